The topological polar surface area (TPSA) is 46.5 Å². The quantitative estimate of drug-likeness (QED) is 0.786. The summed E-state index contributed by atoms with van der Waals surface area (Å²) in [5, 5.41) is 10.8. The van der Waals surface area contributed by atoms with Gasteiger partial charge in [-0.3, -0.25) is 4.79 Å². The second-order valence-electron chi connectivity index (χ2n) is 8.09. The molecule has 0 aliphatic heterocycles. The lowest BCUT2D eigenvalue weighted by Crippen LogP contribution is -2.54. The summed E-state index contributed by atoms with van der Waals surface area (Å²) in [7, 11) is 0. The van der Waals surface area contributed by atoms with Crippen molar-refractivity contribution >= 4 is 5.97 Å². The van der Waals surface area contributed by atoms with Crippen molar-refractivity contribution in [1.29, 1.82) is 0 Å². The predicted octanol–water partition coefficient (Wildman–Crippen LogP) is 3.69. The SMILES string of the molecule is CC(=O)OC(C)(C)[C@@H]1CC[C@@]2(C)CCC[C@@](C)(O)[C@@H]2C1. The molecule has 0 aromatic rings. The molecule has 0 unspecified atom stereocenters. The molecule has 2 aliphatic rings. The smallest absolute Gasteiger partial charge is 0.303 e. The first-order chi connectivity index (χ1) is 9.07. The molecular formula is C17H30O3. The van der Waals surface area contributed by atoms with Gasteiger partial charge in [-0.15, -0.1) is 0 Å². The summed E-state index contributed by atoms with van der Waals surface area (Å²) in [6, 6.07) is 0. The van der Waals surface area contributed by atoms with Crippen LogP contribution in [0.1, 0.15) is 73.1 Å². The van der Waals surface area contributed by atoms with Crippen molar-refractivity contribution in [3.8, 4) is 0 Å². The van der Waals surface area contributed by atoms with Crippen molar-refractivity contribution in [2.24, 2.45) is 17.3 Å². The number of esters is 1. The van der Waals surface area contributed by atoms with Crippen molar-refractivity contribution in [3.05, 3.63) is 0 Å². The standard InChI is InChI=1S/C17H30O3/c1-12(18)20-15(2,3)13-7-10-16(4)8-6-9-17(5,19)14(16)11-13/h13-14,19H,6-11H2,1-5H3/t13-,14-,16-,17-/m1/s1. The predicted molar refractivity (Wildman–Crippen MR) is 79.3 cm³/mol. The number of hydrogen-bond donors (Lipinski definition) is 1. The van der Waals surface area contributed by atoms with Gasteiger partial charge in [0.05, 0.1) is 5.60 Å². The molecule has 0 aromatic heterocycles. The van der Waals surface area contributed by atoms with Crippen molar-refractivity contribution < 1.29 is 14.6 Å². The van der Waals surface area contributed by atoms with Gasteiger partial charge in [0, 0.05) is 6.92 Å². The molecule has 0 heterocycles. The summed E-state index contributed by atoms with van der Waals surface area (Å²) in [5.74, 6) is 0.449. The van der Waals surface area contributed by atoms with E-state index < -0.39 is 11.2 Å². The normalized spacial score (nSPS) is 41.9. The summed E-state index contributed by atoms with van der Waals surface area (Å²) in [4.78, 5) is 11.3. The number of rotatable bonds is 2. The molecule has 2 aliphatic carbocycles. The van der Waals surface area contributed by atoms with E-state index in [0.29, 0.717) is 11.8 Å². The molecule has 4 atom stereocenters. The Bertz CT molecular complexity index is 386. The van der Waals surface area contributed by atoms with Crippen LogP contribution in [-0.4, -0.2) is 22.3 Å². The third kappa shape index (κ3) is 2.88. The molecule has 2 saturated carbocycles. The maximum Gasteiger partial charge on any atom is 0.303 e. The van der Waals surface area contributed by atoms with Crippen LogP contribution >= 0.6 is 0 Å². The summed E-state index contributed by atoms with van der Waals surface area (Å²) in [5.41, 5.74) is -0.747. The first-order valence-corrected chi connectivity index (χ1v) is 7.99. The second kappa shape index (κ2) is 5.01. The number of carbonyl (C=O) groups is 1. The fourth-order valence-electron chi connectivity index (χ4n) is 4.78. The van der Waals surface area contributed by atoms with Gasteiger partial charge in [-0.25, -0.2) is 0 Å². The molecule has 0 radical (unpaired) electrons. The van der Waals surface area contributed by atoms with Gasteiger partial charge in [0.1, 0.15) is 5.60 Å². The molecule has 0 saturated heterocycles. The molecule has 1 N–H and O–H groups in total. The van der Waals surface area contributed by atoms with Crippen molar-refractivity contribution in [2.75, 3.05) is 0 Å². The lowest BCUT2D eigenvalue weighted by molar-refractivity contribution is -0.172. The molecule has 3 heteroatoms. The highest BCUT2D eigenvalue weighted by Crippen LogP contribution is 2.56. The highest BCUT2D eigenvalue weighted by Gasteiger charge is 2.53. The fraction of sp³-hybridized carbons (Fsp3) is 0.941. The zero-order valence-corrected chi connectivity index (χ0v) is 13.7. The van der Waals surface area contributed by atoms with Gasteiger partial charge < -0.3 is 9.84 Å². The molecule has 116 valence electrons. The summed E-state index contributed by atoms with van der Waals surface area (Å²) >= 11 is 0. The number of ether oxygens (including phenoxy) is 1. The summed E-state index contributed by atoms with van der Waals surface area (Å²) < 4.78 is 5.54. The Balaban J connectivity index is 2.17. The van der Waals surface area contributed by atoms with Crippen LogP contribution in [0.3, 0.4) is 0 Å². The molecule has 0 aromatic carbocycles. The molecule has 20 heavy (non-hydrogen) atoms. The van der Waals surface area contributed by atoms with Crippen molar-refractivity contribution in [3.63, 3.8) is 0 Å². The van der Waals surface area contributed by atoms with Crippen LogP contribution in [0, 0.1) is 17.3 Å². The van der Waals surface area contributed by atoms with E-state index in [4.69, 9.17) is 4.74 Å². The highest BCUT2D eigenvalue weighted by molar-refractivity contribution is 5.66. The monoisotopic (exact) mass is 282 g/mol. The van der Waals surface area contributed by atoms with Crippen LogP contribution in [0.5, 0.6) is 0 Å². The van der Waals surface area contributed by atoms with Gasteiger partial charge in [-0.1, -0.05) is 13.3 Å². The van der Waals surface area contributed by atoms with E-state index in [1.165, 1.54) is 13.3 Å². The van der Waals surface area contributed by atoms with Crippen LogP contribution in [0.25, 0.3) is 0 Å². The van der Waals surface area contributed by atoms with Gasteiger partial charge in [-0.2, -0.15) is 0 Å². The lowest BCUT2D eigenvalue weighted by Gasteiger charge is -2.55. The largest absolute Gasteiger partial charge is 0.460 e. The van der Waals surface area contributed by atoms with E-state index in [1.807, 2.05) is 20.8 Å². The molecule has 0 amide bonds. The van der Waals surface area contributed by atoms with E-state index in [-0.39, 0.29) is 11.4 Å². The van der Waals surface area contributed by atoms with E-state index in [0.717, 1.165) is 32.1 Å². The van der Waals surface area contributed by atoms with Gasteiger partial charge >= 0.3 is 5.97 Å². The number of hydrogen-bond acceptors (Lipinski definition) is 3. The first kappa shape index (κ1) is 15.8. The Morgan fingerprint density at radius 2 is 1.90 bits per heavy atom. The van der Waals surface area contributed by atoms with Crippen molar-refractivity contribution in [1.82, 2.24) is 0 Å². The highest BCUT2D eigenvalue weighted by atomic mass is 16.6. The minimum atomic E-state index is -0.571. The van der Waals surface area contributed by atoms with Crippen molar-refractivity contribution in [2.45, 2.75) is 84.3 Å². The maximum absolute atomic E-state index is 11.3. The molecule has 0 bridgehead atoms. The van der Waals surface area contributed by atoms with Gasteiger partial charge in [0.15, 0.2) is 0 Å². The van der Waals surface area contributed by atoms with Crippen LogP contribution in [0.2, 0.25) is 0 Å². The minimum Gasteiger partial charge on any atom is -0.460 e. The van der Waals surface area contributed by atoms with Gasteiger partial charge in [0.25, 0.3) is 0 Å². The first-order valence-electron chi connectivity index (χ1n) is 7.99. The van der Waals surface area contributed by atoms with E-state index in [9.17, 15) is 9.90 Å². The van der Waals surface area contributed by atoms with Gasteiger partial charge in [0.2, 0.25) is 0 Å². The molecular weight excluding hydrogens is 252 g/mol. The van der Waals surface area contributed by atoms with Crippen LogP contribution in [-0.2, 0) is 9.53 Å². The number of carbonyl (C=O) groups excluding carboxylic acids is 1. The Morgan fingerprint density at radius 1 is 1.25 bits per heavy atom. The average Bonchev–Trinajstić information content (AvgIpc) is 2.25. The minimum absolute atomic E-state index is 0.210. The van der Waals surface area contributed by atoms with Crippen LogP contribution < -0.4 is 0 Å². The average molecular weight is 282 g/mol. The second-order valence-corrected chi connectivity index (χ2v) is 8.09. The Kier molecular flexibility index (Phi) is 3.96. The zero-order chi connectivity index (χ0) is 15.2. The van der Waals surface area contributed by atoms with Gasteiger partial charge in [-0.05, 0) is 70.1 Å². The third-order valence-electron chi connectivity index (χ3n) is 6.00. The van der Waals surface area contributed by atoms with Crippen LogP contribution in [0.4, 0.5) is 0 Å². The molecule has 3 nitrogen and oxygen atoms in total. The van der Waals surface area contributed by atoms with E-state index >= 15 is 0 Å². The lowest BCUT2D eigenvalue weighted by atomic mass is 9.52. The molecule has 2 rings (SSSR count). The Morgan fingerprint density at radius 3 is 2.50 bits per heavy atom. The van der Waals surface area contributed by atoms with E-state index in [2.05, 4.69) is 6.92 Å². The fourth-order valence-corrected chi connectivity index (χ4v) is 4.78. The number of aliphatic hydroxyl groups is 1. The van der Waals surface area contributed by atoms with Crippen LogP contribution in [0.15, 0.2) is 0 Å². The molecule has 2 fully saturated rings. The number of fused-ring (bicyclic) bond motifs is 1. The van der Waals surface area contributed by atoms with E-state index in [1.54, 1.807) is 0 Å². The maximum atomic E-state index is 11.3. The Labute approximate surface area is 123 Å². The Hall–Kier alpha value is -0.570. The summed E-state index contributed by atoms with van der Waals surface area (Å²) in [6.45, 7) is 9.83. The third-order valence-corrected chi connectivity index (χ3v) is 6.00. The zero-order valence-electron chi connectivity index (χ0n) is 13.7. The molecule has 0 spiro atoms. The summed E-state index contributed by atoms with van der Waals surface area (Å²) in [6.07, 6.45) is 6.41.